The normalized spacial score (nSPS) is 14.2. The van der Waals surface area contributed by atoms with Crippen LogP contribution in [0.25, 0.3) is 0 Å². The second kappa shape index (κ2) is 17.6. The molecule has 14 heteroatoms. The highest BCUT2D eigenvalue weighted by atomic mass is 16.6. The van der Waals surface area contributed by atoms with Gasteiger partial charge in [-0.2, -0.15) is 4.99 Å². The number of likely N-dealkylation sites (tertiary alicyclic amines) is 1. The van der Waals surface area contributed by atoms with Crippen molar-refractivity contribution < 1.29 is 47.3 Å². The molecule has 3 amide bonds. The van der Waals surface area contributed by atoms with E-state index < -0.39 is 30.0 Å². The molecule has 1 atom stereocenters. The third kappa shape index (κ3) is 11.0. The monoisotopic (exact) mass is 676 g/mol. The van der Waals surface area contributed by atoms with E-state index in [2.05, 4.69) is 10.3 Å². The fourth-order valence-electron chi connectivity index (χ4n) is 4.98. The number of benzene rings is 2. The summed E-state index contributed by atoms with van der Waals surface area (Å²) in [7, 11) is 0. The van der Waals surface area contributed by atoms with E-state index in [-0.39, 0.29) is 60.7 Å². The van der Waals surface area contributed by atoms with E-state index in [1.165, 1.54) is 36.6 Å². The first kappa shape index (κ1) is 36.3. The zero-order chi connectivity index (χ0) is 35.3. The predicted molar refractivity (Wildman–Crippen MR) is 176 cm³/mol. The third-order valence-electron chi connectivity index (χ3n) is 7.38. The van der Waals surface area contributed by atoms with Gasteiger partial charge >= 0.3 is 18.0 Å². The number of carbonyl (C=O) groups is 5. The predicted octanol–water partition coefficient (Wildman–Crippen LogP) is 3.66. The molecule has 0 spiro atoms. The average Bonchev–Trinajstić information content (AvgIpc) is 3.63. The molecule has 1 aliphatic heterocycles. The summed E-state index contributed by atoms with van der Waals surface area (Å²) in [5.41, 5.74) is 7.27. The summed E-state index contributed by atoms with van der Waals surface area (Å²) in [6.45, 7) is 5.89. The molecule has 2 aromatic carbocycles. The Kier molecular flexibility index (Phi) is 13.0. The van der Waals surface area contributed by atoms with Crippen LogP contribution in [-0.4, -0.2) is 85.1 Å². The van der Waals surface area contributed by atoms with Gasteiger partial charge in [-0.1, -0.05) is 24.3 Å². The van der Waals surface area contributed by atoms with Crippen molar-refractivity contribution in [3.05, 3.63) is 89.4 Å². The molecule has 1 fully saturated rings. The maximum Gasteiger partial charge on any atom is 0.435 e. The van der Waals surface area contributed by atoms with Crippen molar-refractivity contribution in [1.29, 1.82) is 0 Å². The Hall–Kier alpha value is -5.50. The number of rotatable bonds is 13. The van der Waals surface area contributed by atoms with Crippen LogP contribution >= 0.6 is 0 Å². The summed E-state index contributed by atoms with van der Waals surface area (Å²) in [6, 6.07) is 14.8. The summed E-state index contributed by atoms with van der Waals surface area (Å²) >= 11 is 0. The van der Waals surface area contributed by atoms with Gasteiger partial charge in [-0.05, 0) is 75.6 Å². The fourth-order valence-corrected chi connectivity index (χ4v) is 4.98. The van der Waals surface area contributed by atoms with E-state index in [0.29, 0.717) is 37.1 Å². The molecular weight excluding hydrogens is 636 g/mol. The minimum Gasteiger partial charge on any atom is -0.461 e. The van der Waals surface area contributed by atoms with E-state index in [9.17, 15) is 24.0 Å². The number of nitrogens with zero attached hydrogens (tertiary/aromatic N) is 2. The lowest BCUT2D eigenvalue weighted by Crippen LogP contribution is -2.52. The number of hydrogen-bond acceptors (Lipinski definition) is 10. The zero-order valence-corrected chi connectivity index (χ0v) is 27.6. The van der Waals surface area contributed by atoms with Crippen molar-refractivity contribution >= 4 is 35.7 Å². The highest BCUT2D eigenvalue weighted by molar-refractivity contribution is 6.04. The van der Waals surface area contributed by atoms with Crippen LogP contribution in [-0.2, 0) is 30.2 Å². The first-order chi connectivity index (χ1) is 23.5. The van der Waals surface area contributed by atoms with Crippen LogP contribution in [0.1, 0.15) is 65.7 Å². The largest absolute Gasteiger partial charge is 0.461 e. The summed E-state index contributed by atoms with van der Waals surface area (Å²) < 4.78 is 26.0. The van der Waals surface area contributed by atoms with Crippen LogP contribution < -0.4 is 15.8 Å². The number of amides is 3. The molecule has 14 nitrogen and oxygen atoms in total. The standard InChI is InChI=1S/C35H40N4O10/c1-4-45-35(44)38-31(36)24-9-11-25(12-10-24)32(41)37-28(20-23-7-13-27(14-8-23)49-34(43)29-6-5-19-46-29)33(42)39-17-15-26(16-18-39)47-21-30(40)48-22(2)3/h5-14,19,22,26,28H,4,15-18,20-21H2,1-3H3,(H,37,41)(H2,36,38,44)/t28-/m0/s1. The summed E-state index contributed by atoms with van der Waals surface area (Å²) in [5, 5.41) is 2.86. The molecule has 3 aromatic rings. The Morgan fingerprint density at radius 1 is 0.980 bits per heavy atom. The molecule has 2 heterocycles. The van der Waals surface area contributed by atoms with E-state index in [1.54, 1.807) is 56.0 Å². The van der Waals surface area contributed by atoms with E-state index in [1.807, 2.05) is 0 Å². The molecule has 0 bridgehead atoms. The molecule has 1 aliphatic rings. The minimum absolute atomic E-state index is 0.0594. The molecule has 1 aromatic heterocycles. The average molecular weight is 677 g/mol. The molecule has 0 radical (unpaired) electrons. The number of carbonyl (C=O) groups excluding carboxylic acids is 5. The van der Waals surface area contributed by atoms with Gasteiger partial charge in [-0.3, -0.25) is 9.59 Å². The van der Waals surface area contributed by atoms with Gasteiger partial charge in [-0.15, -0.1) is 0 Å². The zero-order valence-electron chi connectivity index (χ0n) is 27.6. The Bertz CT molecular complexity index is 1610. The van der Waals surface area contributed by atoms with Crippen molar-refractivity contribution in [2.24, 2.45) is 10.7 Å². The number of aliphatic imine (C=N–C) groups is 1. The van der Waals surface area contributed by atoms with E-state index >= 15 is 0 Å². The molecule has 1 saturated heterocycles. The second-order valence-corrected chi connectivity index (χ2v) is 11.4. The van der Waals surface area contributed by atoms with Gasteiger partial charge in [0.2, 0.25) is 11.7 Å². The van der Waals surface area contributed by atoms with Gasteiger partial charge in [0.05, 0.1) is 25.1 Å². The molecule has 49 heavy (non-hydrogen) atoms. The second-order valence-electron chi connectivity index (χ2n) is 11.4. The Balaban J connectivity index is 1.44. The molecule has 3 N–H and O–H groups in total. The smallest absolute Gasteiger partial charge is 0.435 e. The number of ether oxygens (including phenoxy) is 4. The van der Waals surface area contributed by atoms with Crippen molar-refractivity contribution in [2.75, 3.05) is 26.3 Å². The quantitative estimate of drug-likeness (QED) is 0.116. The number of esters is 2. The van der Waals surface area contributed by atoms with Crippen LogP contribution in [0.4, 0.5) is 4.79 Å². The first-order valence-corrected chi connectivity index (χ1v) is 15.9. The number of piperidine rings is 1. The lowest BCUT2D eigenvalue weighted by atomic mass is 10.0. The number of hydrogen-bond donors (Lipinski definition) is 2. The van der Waals surface area contributed by atoms with Crippen LogP contribution in [0.2, 0.25) is 0 Å². The number of nitrogens with one attached hydrogen (secondary N) is 1. The van der Waals surface area contributed by atoms with Gasteiger partial charge in [0, 0.05) is 30.6 Å². The number of amidine groups is 1. The molecule has 4 rings (SSSR count). The highest BCUT2D eigenvalue weighted by Gasteiger charge is 2.30. The highest BCUT2D eigenvalue weighted by Crippen LogP contribution is 2.19. The Morgan fingerprint density at radius 2 is 1.65 bits per heavy atom. The number of furan rings is 1. The fraction of sp³-hybridized carbons (Fsp3) is 0.371. The lowest BCUT2D eigenvalue weighted by Gasteiger charge is -2.34. The summed E-state index contributed by atoms with van der Waals surface area (Å²) in [4.78, 5) is 68.4. The van der Waals surface area contributed by atoms with Crippen LogP contribution in [0.15, 0.2) is 76.3 Å². The molecule has 0 unspecified atom stereocenters. The van der Waals surface area contributed by atoms with Gasteiger partial charge in [0.1, 0.15) is 24.2 Å². The van der Waals surface area contributed by atoms with Crippen molar-refractivity contribution in [2.45, 2.75) is 58.3 Å². The Labute approximate surface area is 283 Å². The summed E-state index contributed by atoms with van der Waals surface area (Å²) in [5.74, 6) is -1.62. The van der Waals surface area contributed by atoms with Gasteiger partial charge in [-0.25, -0.2) is 14.4 Å². The molecular formula is C35H40N4O10. The third-order valence-corrected chi connectivity index (χ3v) is 7.38. The minimum atomic E-state index is -0.947. The van der Waals surface area contributed by atoms with Crippen molar-refractivity contribution in [3.63, 3.8) is 0 Å². The van der Waals surface area contributed by atoms with Gasteiger partial charge in [0.25, 0.3) is 5.91 Å². The SMILES string of the molecule is CCOC(=O)N=C(N)c1ccc(C(=O)N[C@@H](Cc2ccc(OC(=O)c3ccco3)cc2)C(=O)N2CCC(OCC(=O)OC(C)C)CC2)cc1. The first-order valence-electron chi connectivity index (χ1n) is 15.9. The molecule has 0 saturated carbocycles. The maximum atomic E-state index is 13.8. The van der Waals surface area contributed by atoms with E-state index in [4.69, 9.17) is 29.1 Å². The summed E-state index contributed by atoms with van der Waals surface area (Å²) in [6.07, 6.45) is 1.25. The molecule has 260 valence electrons. The van der Waals surface area contributed by atoms with Crippen molar-refractivity contribution in [1.82, 2.24) is 10.2 Å². The van der Waals surface area contributed by atoms with Crippen LogP contribution in [0, 0.1) is 0 Å². The lowest BCUT2D eigenvalue weighted by molar-refractivity contribution is -0.156. The number of nitrogens with two attached hydrogens (primary N) is 1. The van der Waals surface area contributed by atoms with Crippen LogP contribution in [0.5, 0.6) is 5.75 Å². The molecule has 0 aliphatic carbocycles. The van der Waals surface area contributed by atoms with E-state index in [0.717, 1.165) is 0 Å². The Morgan fingerprint density at radius 3 is 2.27 bits per heavy atom. The van der Waals surface area contributed by atoms with Gasteiger partial charge in [0.15, 0.2) is 0 Å². The van der Waals surface area contributed by atoms with Gasteiger partial charge < -0.3 is 39.3 Å². The van der Waals surface area contributed by atoms with Crippen molar-refractivity contribution in [3.8, 4) is 5.75 Å². The maximum absolute atomic E-state index is 13.8. The van der Waals surface area contributed by atoms with Crippen LogP contribution in [0.3, 0.4) is 0 Å². The topological polar surface area (TPSA) is 189 Å².